The lowest BCUT2D eigenvalue weighted by Gasteiger charge is -2.07. The highest BCUT2D eigenvalue weighted by Gasteiger charge is 1.95. The molecule has 0 bridgehead atoms. The van der Waals surface area contributed by atoms with E-state index in [1.807, 2.05) is 18.8 Å². The van der Waals surface area contributed by atoms with Gasteiger partial charge < -0.3 is 19.5 Å². The van der Waals surface area contributed by atoms with E-state index in [1.165, 1.54) is 10.5 Å². The standard InChI is InChI=1S/C17H29NO3S/c1-16-4-6-17(7-5-16)22-15-3-9-19-11-13-21-14-12-20-10-8-18-2/h4-7,18H,3,8-15H2,1-2H3. The number of hydrogen-bond donors (Lipinski definition) is 1. The molecule has 22 heavy (non-hydrogen) atoms. The van der Waals surface area contributed by atoms with Gasteiger partial charge in [0.1, 0.15) is 0 Å². The van der Waals surface area contributed by atoms with Gasteiger partial charge >= 0.3 is 0 Å². The Morgan fingerprint density at radius 3 is 2.09 bits per heavy atom. The predicted octanol–water partition coefficient (Wildman–Crippen LogP) is 2.75. The minimum atomic E-state index is 0.635. The first kappa shape index (κ1) is 19.5. The van der Waals surface area contributed by atoms with Gasteiger partial charge in [-0.2, -0.15) is 0 Å². The normalized spacial score (nSPS) is 11.0. The van der Waals surface area contributed by atoms with Gasteiger partial charge in [-0.3, -0.25) is 0 Å². The van der Waals surface area contributed by atoms with Crippen LogP contribution in [0.3, 0.4) is 0 Å². The van der Waals surface area contributed by atoms with E-state index in [2.05, 4.69) is 36.5 Å². The number of nitrogens with one attached hydrogen (secondary N) is 1. The van der Waals surface area contributed by atoms with Crippen molar-refractivity contribution in [1.82, 2.24) is 5.32 Å². The Morgan fingerprint density at radius 1 is 0.864 bits per heavy atom. The number of aryl methyl sites for hydroxylation is 1. The molecule has 1 aromatic rings. The fourth-order valence-corrected chi connectivity index (χ4v) is 2.53. The van der Waals surface area contributed by atoms with Crippen LogP contribution in [0.25, 0.3) is 0 Å². The third kappa shape index (κ3) is 11.0. The van der Waals surface area contributed by atoms with Gasteiger partial charge in [-0.15, -0.1) is 11.8 Å². The molecule has 4 nitrogen and oxygen atoms in total. The van der Waals surface area contributed by atoms with Crippen LogP contribution in [0, 0.1) is 6.92 Å². The molecule has 1 aromatic carbocycles. The monoisotopic (exact) mass is 327 g/mol. The second-order valence-electron chi connectivity index (χ2n) is 4.96. The maximum atomic E-state index is 5.55. The summed E-state index contributed by atoms with van der Waals surface area (Å²) >= 11 is 1.88. The molecule has 126 valence electrons. The first-order valence-electron chi connectivity index (χ1n) is 7.90. The van der Waals surface area contributed by atoms with Crippen molar-refractivity contribution in [2.75, 3.05) is 59.0 Å². The number of ether oxygens (including phenoxy) is 3. The van der Waals surface area contributed by atoms with Gasteiger partial charge in [-0.1, -0.05) is 17.7 Å². The molecule has 0 fully saturated rings. The summed E-state index contributed by atoms with van der Waals surface area (Å²) in [6.45, 7) is 7.09. The number of likely N-dealkylation sites (N-methyl/N-ethyl adjacent to an activating group) is 1. The average molecular weight is 327 g/mol. The summed E-state index contributed by atoms with van der Waals surface area (Å²) in [5.41, 5.74) is 1.31. The Bertz CT molecular complexity index is 359. The Balaban J connectivity index is 1.79. The highest BCUT2D eigenvalue weighted by molar-refractivity contribution is 7.99. The summed E-state index contributed by atoms with van der Waals surface area (Å²) in [7, 11) is 1.91. The van der Waals surface area contributed by atoms with Gasteiger partial charge in [0.25, 0.3) is 0 Å². The first-order chi connectivity index (χ1) is 10.8. The van der Waals surface area contributed by atoms with Crippen LogP contribution in [-0.4, -0.2) is 59.0 Å². The summed E-state index contributed by atoms with van der Waals surface area (Å²) in [4.78, 5) is 1.33. The van der Waals surface area contributed by atoms with Gasteiger partial charge in [0.2, 0.25) is 0 Å². The topological polar surface area (TPSA) is 39.7 Å². The van der Waals surface area contributed by atoms with Crippen LogP contribution >= 0.6 is 11.8 Å². The fraction of sp³-hybridized carbons (Fsp3) is 0.647. The molecule has 0 spiro atoms. The van der Waals surface area contributed by atoms with Crippen LogP contribution in [0.5, 0.6) is 0 Å². The Hall–Kier alpha value is -0.590. The molecule has 1 rings (SSSR count). The molecule has 0 aliphatic rings. The molecular formula is C17H29NO3S. The summed E-state index contributed by atoms with van der Waals surface area (Å²) in [6.07, 6.45) is 1.06. The number of hydrogen-bond acceptors (Lipinski definition) is 5. The number of thioether (sulfide) groups is 1. The van der Waals surface area contributed by atoms with Crippen molar-refractivity contribution in [1.29, 1.82) is 0 Å². The van der Waals surface area contributed by atoms with E-state index < -0.39 is 0 Å². The van der Waals surface area contributed by atoms with Gasteiger partial charge in [0.15, 0.2) is 0 Å². The Kier molecular flexibility index (Phi) is 12.4. The zero-order chi connectivity index (χ0) is 15.9. The second-order valence-corrected chi connectivity index (χ2v) is 6.12. The van der Waals surface area contributed by atoms with Crippen molar-refractivity contribution in [3.8, 4) is 0 Å². The third-order valence-electron chi connectivity index (χ3n) is 2.96. The molecule has 0 radical (unpaired) electrons. The largest absolute Gasteiger partial charge is 0.379 e. The lowest BCUT2D eigenvalue weighted by atomic mass is 10.2. The molecule has 0 aliphatic carbocycles. The summed E-state index contributed by atoms with van der Waals surface area (Å²) in [5.74, 6) is 1.09. The van der Waals surface area contributed by atoms with Crippen molar-refractivity contribution < 1.29 is 14.2 Å². The van der Waals surface area contributed by atoms with Crippen molar-refractivity contribution in [3.63, 3.8) is 0 Å². The smallest absolute Gasteiger partial charge is 0.0701 e. The van der Waals surface area contributed by atoms with Gasteiger partial charge in [0, 0.05) is 23.8 Å². The summed E-state index contributed by atoms with van der Waals surface area (Å²) in [5, 5.41) is 3.03. The van der Waals surface area contributed by atoms with Crippen molar-refractivity contribution in [2.24, 2.45) is 0 Å². The molecule has 0 amide bonds. The van der Waals surface area contributed by atoms with E-state index in [-0.39, 0.29) is 0 Å². The molecule has 5 heteroatoms. The zero-order valence-electron chi connectivity index (χ0n) is 13.8. The van der Waals surface area contributed by atoms with Gasteiger partial charge in [-0.25, -0.2) is 0 Å². The van der Waals surface area contributed by atoms with Gasteiger partial charge in [0.05, 0.1) is 33.0 Å². The Labute approximate surface area is 138 Å². The molecular weight excluding hydrogens is 298 g/mol. The quantitative estimate of drug-likeness (QED) is 0.420. The van der Waals surface area contributed by atoms with Crippen LogP contribution < -0.4 is 5.32 Å². The fourth-order valence-electron chi connectivity index (χ4n) is 1.70. The van der Waals surface area contributed by atoms with E-state index in [4.69, 9.17) is 14.2 Å². The van der Waals surface area contributed by atoms with E-state index in [0.29, 0.717) is 26.4 Å². The van der Waals surface area contributed by atoms with Crippen molar-refractivity contribution in [3.05, 3.63) is 29.8 Å². The second kappa shape index (κ2) is 14.0. The summed E-state index contributed by atoms with van der Waals surface area (Å²) < 4.78 is 16.3. The zero-order valence-corrected chi connectivity index (χ0v) is 14.6. The first-order valence-corrected chi connectivity index (χ1v) is 8.89. The predicted molar refractivity (Wildman–Crippen MR) is 92.9 cm³/mol. The lowest BCUT2D eigenvalue weighted by molar-refractivity contribution is 0.0156. The molecule has 0 saturated carbocycles. The van der Waals surface area contributed by atoms with Crippen molar-refractivity contribution >= 4 is 11.8 Å². The molecule has 0 atom stereocenters. The van der Waals surface area contributed by atoms with E-state index in [1.54, 1.807) is 0 Å². The molecule has 0 saturated heterocycles. The van der Waals surface area contributed by atoms with Crippen LogP contribution in [-0.2, 0) is 14.2 Å². The Morgan fingerprint density at radius 2 is 1.45 bits per heavy atom. The molecule has 0 unspecified atom stereocenters. The number of rotatable bonds is 14. The maximum absolute atomic E-state index is 5.55. The minimum Gasteiger partial charge on any atom is -0.379 e. The SMILES string of the molecule is CNCCOCCOCCOCCCSc1ccc(C)cc1. The third-order valence-corrected chi connectivity index (χ3v) is 4.06. The molecule has 0 aromatic heterocycles. The maximum Gasteiger partial charge on any atom is 0.0701 e. The average Bonchev–Trinajstić information content (AvgIpc) is 2.53. The van der Waals surface area contributed by atoms with Crippen LogP contribution in [0.4, 0.5) is 0 Å². The van der Waals surface area contributed by atoms with Crippen LogP contribution in [0.2, 0.25) is 0 Å². The molecule has 1 N–H and O–H groups in total. The van der Waals surface area contributed by atoms with Crippen LogP contribution in [0.1, 0.15) is 12.0 Å². The molecule has 0 aliphatic heterocycles. The minimum absolute atomic E-state index is 0.635. The summed E-state index contributed by atoms with van der Waals surface area (Å²) in [6, 6.07) is 8.65. The van der Waals surface area contributed by atoms with Crippen LogP contribution in [0.15, 0.2) is 29.2 Å². The van der Waals surface area contributed by atoms with E-state index >= 15 is 0 Å². The highest BCUT2D eigenvalue weighted by Crippen LogP contribution is 2.18. The molecule has 0 heterocycles. The van der Waals surface area contributed by atoms with Gasteiger partial charge in [-0.05, 0) is 32.5 Å². The number of benzene rings is 1. The highest BCUT2D eigenvalue weighted by atomic mass is 32.2. The van der Waals surface area contributed by atoms with Crippen molar-refractivity contribution in [2.45, 2.75) is 18.2 Å². The van der Waals surface area contributed by atoms with E-state index in [0.717, 1.165) is 31.9 Å². The lowest BCUT2D eigenvalue weighted by Crippen LogP contribution is -2.16. The van der Waals surface area contributed by atoms with E-state index in [9.17, 15) is 0 Å².